The molecule has 7 nitrogen and oxygen atoms in total. The Labute approximate surface area is 194 Å². The van der Waals surface area contributed by atoms with Crippen molar-refractivity contribution in [1.82, 2.24) is 4.67 Å². The van der Waals surface area contributed by atoms with Gasteiger partial charge < -0.3 is 14.4 Å². The molecular weight excluding hydrogens is 435 g/mol. The topological polar surface area (TPSA) is 86.1 Å². The molecule has 33 heavy (non-hydrogen) atoms. The van der Waals surface area contributed by atoms with Gasteiger partial charge in [-0.1, -0.05) is 38.1 Å². The maximum atomic E-state index is 12.1. The van der Waals surface area contributed by atoms with Crippen LogP contribution >= 0.6 is 7.21 Å². The molecule has 1 aromatic heterocycles. The van der Waals surface area contributed by atoms with Crippen molar-refractivity contribution < 1.29 is 14.3 Å². The van der Waals surface area contributed by atoms with E-state index in [4.69, 9.17) is 4.42 Å². The second kappa shape index (κ2) is 8.32. The van der Waals surface area contributed by atoms with Gasteiger partial charge in [-0.05, 0) is 56.0 Å². The summed E-state index contributed by atoms with van der Waals surface area (Å²) < 4.78 is 11.5. The van der Waals surface area contributed by atoms with Crippen LogP contribution in [0.3, 0.4) is 0 Å². The summed E-state index contributed by atoms with van der Waals surface area (Å²) in [6, 6.07) is 16.8. The number of hydrogen-bond donors (Lipinski definition) is 1. The quantitative estimate of drug-likeness (QED) is 0.455. The van der Waals surface area contributed by atoms with Crippen LogP contribution in [0.25, 0.3) is 0 Å². The summed E-state index contributed by atoms with van der Waals surface area (Å²) in [6.45, 7) is 6.38. The van der Waals surface area contributed by atoms with Crippen molar-refractivity contribution in [1.29, 1.82) is 0 Å². The van der Waals surface area contributed by atoms with Gasteiger partial charge in [0.25, 0.3) is 0 Å². The van der Waals surface area contributed by atoms with E-state index in [9.17, 15) is 10.0 Å². The molecule has 1 unspecified atom stereocenters. The first-order chi connectivity index (χ1) is 15.6. The Morgan fingerprint density at radius 2 is 1.88 bits per heavy atom. The number of nitrogens with one attached hydrogen (secondary N) is 1. The number of allylic oxidation sites excluding steroid dienone is 1. The Kier molecular flexibility index (Phi) is 5.81. The molecule has 172 valence electrons. The molecule has 0 saturated heterocycles. The largest absolute Gasteiger partial charge is 0.573 e. The molecule has 1 N–H and O–H groups in total. The third-order valence-electron chi connectivity index (χ3n) is 6.40. The molecule has 0 spiro atoms. The van der Waals surface area contributed by atoms with E-state index < -0.39 is 13.2 Å². The first-order valence-corrected chi connectivity index (χ1v) is 12.5. The Morgan fingerprint density at radius 1 is 1.15 bits per heavy atom. The normalized spacial score (nSPS) is 17.8. The van der Waals surface area contributed by atoms with Crippen molar-refractivity contribution in [2.45, 2.75) is 26.2 Å². The molecule has 1 aliphatic heterocycles. The molecular formula is C25H29N4O3P. The number of nitroso groups, excluding NO2 is 1. The lowest BCUT2D eigenvalue weighted by molar-refractivity contribution is -0.332. The molecule has 1 aliphatic rings. The van der Waals surface area contributed by atoms with Gasteiger partial charge in [0.1, 0.15) is 5.69 Å². The number of aryl methyl sites for hydroxylation is 1. The maximum Gasteiger partial charge on any atom is 0.229 e. The maximum absolute atomic E-state index is 12.1. The zero-order chi connectivity index (χ0) is 24.0. The van der Waals surface area contributed by atoms with Gasteiger partial charge in [0.2, 0.25) is 12.9 Å². The van der Waals surface area contributed by atoms with E-state index in [1.807, 2.05) is 33.2 Å². The van der Waals surface area contributed by atoms with E-state index in [1.54, 1.807) is 18.2 Å². The van der Waals surface area contributed by atoms with Crippen LogP contribution in [0.5, 0.6) is 5.95 Å². The van der Waals surface area contributed by atoms with Crippen LogP contribution in [-0.4, -0.2) is 25.8 Å². The van der Waals surface area contributed by atoms with Crippen LogP contribution in [0.1, 0.15) is 25.0 Å². The van der Waals surface area contributed by atoms with E-state index in [0.717, 1.165) is 22.6 Å². The smallest absolute Gasteiger partial charge is 0.229 e. The van der Waals surface area contributed by atoms with Crippen LogP contribution in [0.15, 0.2) is 75.7 Å². The highest BCUT2D eigenvalue weighted by Gasteiger charge is 2.42. The average molecular weight is 465 g/mol. The van der Waals surface area contributed by atoms with Crippen LogP contribution in [0.2, 0.25) is 0 Å². The molecule has 2 aromatic carbocycles. The molecule has 0 fully saturated rings. The highest BCUT2D eigenvalue weighted by atomic mass is 31.2. The van der Waals surface area contributed by atoms with Crippen LogP contribution < -0.4 is 20.3 Å². The van der Waals surface area contributed by atoms with Crippen molar-refractivity contribution in [2.75, 3.05) is 26.0 Å². The fourth-order valence-corrected chi connectivity index (χ4v) is 7.55. The monoisotopic (exact) mass is 464 g/mol. The molecule has 8 heteroatoms. The van der Waals surface area contributed by atoms with Crippen molar-refractivity contribution >= 4 is 29.8 Å². The van der Waals surface area contributed by atoms with Gasteiger partial charge in [-0.2, -0.15) is 0 Å². The lowest BCUT2D eigenvalue weighted by Crippen LogP contribution is -2.63. The summed E-state index contributed by atoms with van der Waals surface area (Å²) in [7, 11) is 3.40. The van der Waals surface area contributed by atoms with Crippen molar-refractivity contribution in [2.24, 2.45) is 5.18 Å². The van der Waals surface area contributed by atoms with E-state index in [0.29, 0.717) is 11.2 Å². The number of likely N-dealkylation sites (N-methyl/N-ethyl adjacent to an activating group) is 1. The fourth-order valence-electron chi connectivity index (χ4n) is 4.43. The molecule has 1 atom stereocenters. The zero-order valence-electron chi connectivity index (χ0n) is 19.8. The number of fused-ring (bicyclic) bond motifs is 1. The van der Waals surface area contributed by atoms with E-state index in [2.05, 4.69) is 64.4 Å². The molecule has 0 radical (unpaired) electrons. The Morgan fingerprint density at radius 3 is 2.48 bits per heavy atom. The number of hydrogen-bond acceptors (Lipinski definition) is 5. The number of para-hydroxylation sites is 1. The van der Waals surface area contributed by atoms with Gasteiger partial charge in [0, 0.05) is 41.3 Å². The SMILES string of the molecule is Cc1ccc(N=O)cc1[NH+]=P(/C=C1\N(C)c2ccccc2C1(C)C)(c1ccc([O-])o1)N(C)C. The molecule has 3 aromatic rings. The Hall–Kier alpha value is -3.15. The van der Waals surface area contributed by atoms with Crippen LogP contribution in [0, 0.1) is 11.8 Å². The minimum atomic E-state index is -2.60. The van der Waals surface area contributed by atoms with Crippen molar-refractivity contribution in [3.05, 3.63) is 82.1 Å². The zero-order valence-corrected chi connectivity index (χ0v) is 20.7. The summed E-state index contributed by atoms with van der Waals surface area (Å²) in [5.41, 5.74) is 5.86. The van der Waals surface area contributed by atoms with Crippen molar-refractivity contribution in [3.63, 3.8) is 0 Å². The lowest BCUT2D eigenvalue weighted by atomic mass is 9.84. The minimum absolute atomic E-state index is 0.261. The Bertz CT molecular complexity index is 1310. The van der Waals surface area contributed by atoms with Gasteiger partial charge in [-0.3, -0.25) is 0 Å². The van der Waals surface area contributed by atoms with Crippen LogP contribution in [0.4, 0.5) is 17.1 Å². The summed E-state index contributed by atoms with van der Waals surface area (Å²) >= 11 is 0. The third kappa shape index (κ3) is 3.81. The third-order valence-corrected chi connectivity index (χ3v) is 9.78. The lowest BCUT2D eigenvalue weighted by Gasteiger charge is -2.29. The second-order valence-corrected chi connectivity index (χ2v) is 12.1. The van der Waals surface area contributed by atoms with Gasteiger partial charge in [-0.25, -0.2) is 9.42 Å². The molecule has 0 amide bonds. The first-order valence-electron chi connectivity index (χ1n) is 10.7. The molecule has 0 saturated carbocycles. The highest BCUT2D eigenvalue weighted by Crippen LogP contribution is 2.54. The number of anilines is 1. The highest BCUT2D eigenvalue weighted by molar-refractivity contribution is 7.71. The minimum Gasteiger partial charge on any atom is -0.573 e. The van der Waals surface area contributed by atoms with Gasteiger partial charge in [-0.15, -0.1) is 4.91 Å². The second-order valence-electron chi connectivity index (χ2n) is 9.04. The summed E-state index contributed by atoms with van der Waals surface area (Å²) in [6.07, 6.45) is 0. The molecule has 4 rings (SSSR count). The Balaban J connectivity index is 2.06. The number of benzene rings is 2. The fraction of sp³-hybridized carbons (Fsp3) is 0.280. The summed E-state index contributed by atoms with van der Waals surface area (Å²) in [5, 5.41) is 15.2. The van der Waals surface area contributed by atoms with E-state index in [1.165, 1.54) is 11.6 Å². The summed E-state index contributed by atoms with van der Waals surface area (Å²) in [4.78, 5) is 13.4. The average Bonchev–Trinajstić information content (AvgIpc) is 3.30. The van der Waals surface area contributed by atoms with Gasteiger partial charge in [0.15, 0.2) is 0 Å². The molecule has 0 aliphatic carbocycles. The number of furan rings is 1. The van der Waals surface area contributed by atoms with Crippen molar-refractivity contribution in [3.8, 4) is 5.95 Å². The van der Waals surface area contributed by atoms with E-state index >= 15 is 0 Å². The standard InChI is InChI=1S/C25H29N4O3P/c1-17-11-12-18(26-31)15-20(17)27-33(28(4)5,24-14-13-23(30)32-24)16-22-25(2,3)19-9-7-8-10-21(19)29(22)6/h7-16,30H,1-6H3/b22-16-. The van der Waals surface area contributed by atoms with Crippen LogP contribution in [-0.2, 0) is 5.41 Å². The first kappa shape index (κ1) is 23.0. The van der Waals surface area contributed by atoms with Gasteiger partial charge in [0.05, 0.1) is 11.4 Å². The summed E-state index contributed by atoms with van der Waals surface area (Å²) in [5.74, 6) is 1.82. The predicted molar refractivity (Wildman–Crippen MR) is 132 cm³/mol. The number of nitrogens with zero attached hydrogens (tertiary/aromatic N) is 3. The predicted octanol–water partition coefficient (Wildman–Crippen LogP) is 4.04. The van der Waals surface area contributed by atoms with Gasteiger partial charge >= 0.3 is 0 Å². The number of rotatable bonds is 5. The van der Waals surface area contributed by atoms with E-state index in [-0.39, 0.29) is 5.41 Å². The molecule has 0 bridgehead atoms. The molecule has 2 heterocycles.